The fourth-order valence-electron chi connectivity index (χ4n) is 3.77. The monoisotopic (exact) mass is 335 g/mol. The highest BCUT2D eigenvalue weighted by Crippen LogP contribution is 2.30. The van der Waals surface area contributed by atoms with Gasteiger partial charge in [-0.05, 0) is 44.7 Å². The van der Waals surface area contributed by atoms with E-state index in [2.05, 4.69) is 24.5 Å². The molecule has 0 radical (unpaired) electrons. The minimum atomic E-state index is -0.376. The highest BCUT2D eigenvalue weighted by Gasteiger charge is 2.21. The highest BCUT2D eigenvalue weighted by atomic mass is 35.5. The Morgan fingerprint density at radius 1 is 1.35 bits per heavy atom. The van der Waals surface area contributed by atoms with Crippen LogP contribution in [0.2, 0.25) is 5.02 Å². The third-order valence-corrected chi connectivity index (χ3v) is 5.19. The van der Waals surface area contributed by atoms with E-state index < -0.39 is 0 Å². The second kappa shape index (κ2) is 7.25. The van der Waals surface area contributed by atoms with E-state index in [9.17, 15) is 5.11 Å². The maximum absolute atomic E-state index is 10.6. The van der Waals surface area contributed by atoms with Crippen LogP contribution >= 0.6 is 11.6 Å². The lowest BCUT2D eigenvalue weighted by Crippen LogP contribution is -2.28. The third-order valence-electron chi connectivity index (χ3n) is 4.95. The van der Waals surface area contributed by atoms with E-state index in [4.69, 9.17) is 16.3 Å². The van der Waals surface area contributed by atoms with Crippen molar-refractivity contribution in [3.05, 3.63) is 34.6 Å². The molecule has 2 atom stereocenters. The first kappa shape index (κ1) is 16.8. The molecule has 4 heteroatoms. The number of benzene rings is 1. The molecule has 126 valence electrons. The largest absolute Gasteiger partial charge is 0.391 e. The number of aliphatic hydroxyl groups excluding tert-OH is 1. The molecule has 2 unspecified atom stereocenters. The summed E-state index contributed by atoms with van der Waals surface area (Å²) in [5.74, 6) is 0. The molecule has 1 aromatic carbocycles. The lowest BCUT2D eigenvalue weighted by Gasteiger charge is -2.25. The lowest BCUT2D eigenvalue weighted by atomic mass is 10.0. The number of hydrogen-bond acceptors (Lipinski definition) is 2. The van der Waals surface area contributed by atoms with Gasteiger partial charge in [-0.25, -0.2) is 0 Å². The minimum absolute atomic E-state index is 0.212. The standard InChI is InChI=1S/C19H26ClNO2/c1-3-19-18-10-14(20)7-8-17(18)13(2)21(19)12-15(22)11-16-6-4-5-9-23-16/h7-8,10,15-16,22H,3-6,9,11-12H2,1-2H3. The van der Waals surface area contributed by atoms with E-state index in [0.717, 1.165) is 37.3 Å². The first-order valence-corrected chi connectivity index (χ1v) is 9.04. The summed E-state index contributed by atoms with van der Waals surface area (Å²) in [6.45, 7) is 5.74. The Morgan fingerprint density at radius 2 is 2.17 bits per heavy atom. The predicted octanol–water partition coefficient (Wildman–Crippen LogP) is 4.49. The van der Waals surface area contributed by atoms with Crippen LogP contribution in [0.15, 0.2) is 18.2 Å². The summed E-state index contributed by atoms with van der Waals surface area (Å²) in [7, 11) is 0. The van der Waals surface area contributed by atoms with Gasteiger partial charge in [-0.15, -0.1) is 0 Å². The molecular formula is C19H26ClNO2. The Kier molecular flexibility index (Phi) is 5.30. The van der Waals surface area contributed by atoms with Gasteiger partial charge >= 0.3 is 0 Å². The summed E-state index contributed by atoms with van der Waals surface area (Å²) in [5, 5.41) is 13.8. The average Bonchev–Trinajstić information content (AvgIpc) is 2.79. The maximum Gasteiger partial charge on any atom is 0.0743 e. The zero-order chi connectivity index (χ0) is 16.4. The van der Waals surface area contributed by atoms with Crippen molar-refractivity contribution in [3.8, 4) is 0 Å². The van der Waals surface area contributed by atoms with Gasteiger partial charge in [0.1, 0.15) is 0 Å². The lowest BCUT2D eigenvalue weighted by molar-refractivity contribution is -0.0180. The minimum Gasteiger partial charge on any atom is -0.391 e. The van der Waals surface area contributed by atoms with Gasteiger partial charge in [0, 0.05) is 46.8 Å². The van der Waals surface area contributed by atoms with Crippen molar-refractivity contribution in [2.45, 2.75) is 64.7 Å². The second-order valence-corrected chi connectivity index (χ2v) is 7.00. The van der Waals surface area contributed by atoms with E-state index in [0.29, 0.717) is 6.54 Å². The Hall–Kier alpha value is -1.03. The van der Waals surface area contributed by atoms with Crippen molar-refractivity contribution in [1.29, 1.82) is 0 Å². The number of aryl methyl sites for hydroxylation is 2. The summed E-state index contributed by atoms with van der Waals surface area (Å²) in [6, 6.07) is 6.06. The predicted molar refractivity (Wildman–Crippen MR) is 95.3 cm³/mol. The molecule has 2 heterocycles. The SMILES string of the molecule is CCc1c2cc(Cl)ccc2c(C)n1CC(O)CC1CCCCO1. The Bertz CT molecular complexity index is 674. The number of hydrogen-bond donors (Lipinski definition) is 1. The highest BCUT2D eigenvalue weighted by molar-refractivity contribution is 6.31. The van der Waals surface area contributed by atoms with Crippen LogP contribution < -0.4 is 0 Å². The van der Waals surface area contributed by atoms with Crippen LogP contribution in [0.5, 0.6) is 0 Å². The van der Waals surface area contributed by atoms with Crippen LogP contribution in [-0.4, -0.2) is 28.5 Å². The fraction of sp³-hybridized carbons (Fsp3) is 0.579. The van der Waals surface area contributed by atoms with Gasteiger partial charge in [-0.1, -0.05) is 24.6 Å². The van der Waals surface area contributed by atoms with E-state index in [1.807, 2.05) is 12.1 Å². The van der Waals surface area contributed by atoms with Crippen LogP contribution in [0, 0.1) is 6.92 Å². The first-order chi connectivity index (χ1) is 11.1. The van der Waals surface area contributed by atoms with Gasteiger partial charge in [0.25, 0.3) is 0 Å². The number of aliphatic hydroxyl groups is 1. The summed E-state index contributed by atoms with van der Waals surface area (Å²) >= 11 is 6.17. The van der Waals surface area contributed by atoms with Crippen LogP contribution in [0.1, 0.15) is 44.0 Å². The van der Waals surface area contributed by atoms with Crippen molar-refractivity contribution in [3.63, 3.8) is 0 Å². The number of aromatic nitrogens is 1. The molecule has 0 bridgehead atoms. The summed E-state index contributed by atoms with van der Waals surface area (Å²) in [4.78, 5) is 0. The molecule has 0 aliphatic carbocycles. The molecule has 3 nitrogen and oxygen atoms in total. The van der Waals surface area contributed by atoms with Crippen LogP contribution in [-0.2, 0) is 17.7 Å². The number of fused-ring (bicyclic) bond motifs is 1. The Morgan fingerprint density at radius 3 is 2.87 bits per heavy atom. The smallest absolute Gasteiger partial charge is 0.0743 e. The van der Waals surface area contributed by atoms with Crippen LogP contribution in [0.3, 0.4) is 0 Å². The molecule has 1 saturated heterocycles. The van der Waals surface area contributed by atoms with Crippen molar-refractivity contribution in [1.82, 2.24) is 4.57 Å². The van der Waals surface area contributed by atoms with Crippen molar-refractivity contribution in [2.75, 3.05) is 6.61 Å². The number of rotatable bonds is 5. The molecule has 23 heavy (non-hydrogen) atoms. The molecule has 2 aromatic rings. The van der Waals surface area contributed by atoms with E-state index in [1.165, 1.54) is 28.6 Å². The number of halogens is 1. The van der Waals surface area contributed by atoms with Gasteiger partial charge in [-0.2, -0.15) is 0 Å². The molecule has 1 fully saturated rings. The molecule has 3 rings (SSSR count). The summed E-state index contributed by atoms with van der Waals surface area (Å²) in [5.41, 5.74) is 2.46. The topological polar surface area (TPSA) is 34.4 Å². The molecule has 1 N–H and O–H groups in total. The zero-order valence-corrected chi connectivity index (χ0v) is 14.8. The zero-order valence-electron chi connectivity index (χ0n) is 14.0. The van der Waals surface area contributed by atoms with Gasteiger partial charge in [-0.3, -0.25) is 0 Å². The second-order valence-electron chi connectivity index (χ2n) is 6.56. The van der Waals surface area contributed by atoms with E-state index in [-0.39, 0.29) is 12.2 Å². The Balaban J connectivity index is 1.82. The van der Waals surface area contributed by atoms with Crippen molar-refractivity contribution >= 4 is 22.4 Å². The molecule has 1 aromatic heterocycles. The van der Waals surface area contributed by atoms with E-state index in [1.54, 1.807) is 0 Å². The van der Waals surface area contributed by atoms with Gasteiger partial charge in [0.2, 0.25) is 0 Å². The fourth-order valence-corrected chi connectivity index (χ4v) is 3.95. The molecule has 0 amide bonds. The van der Waals surface area contributed by atoms with Gasteiger partial charge in [0.15, 0.2) is 0 Å². The molecule has 0 saturated carbocycles. The quantitative estimate of drug-likeness (QED) is 0.873. The van der Waals surface area contributed by atoms with Crippen LogP contribution in [0.4, 0.5) is 0 Å². The normalized spacial score (nSPS) is 20.1. The van der Waals surface area contributed by atoms with Crippen LogP contribution in [0.25, 0.3) is 10.8 Å². The molecule has 0 spiro atoms. The molecular weight excluding hydrogens is 310 g/mol. The third kappa shape index (κ3) is 3.57. The molecule has 1 aliphatic heterocycles. The summed E-state index contributed by atoms with van der Waals surface area (Å²) in [6.07, 6.45) is 4.91. The van der Waals surface area contributed by atoms with Gasteiger partial charge < -0.3 is 14.4 Å². The molecule has 1 aliphatic rings. The average molecular weight is 336 g/mol. The van der Waals surface area contributed by atoms with Gasteiger partial charge in [0.05, 0.1) is 12.2 Å². The van der Waals surface area contributed by atoms with Crippen molar-refractivity contribution in [2.24, 2.45) is 0 Å². The number of ether oxygens (including phenoxy) is 1. The Labute approximate surface area is 143 Å². The van der Waals surface area contributed by atoms with E-state index >= 15 is 0 Å². The number of nitrogens with zero attached hydrogens (tertiary/aromatic N) is 1. The first-order valence-electron chi connectivity index (χ1n) is 8.67. The summed E-state index contributed by atoms with van der Waals surface area (Å²) < 4.78 is 8.02. The maximum atomic E-state index is 10.6. The van der Waals surface area contributed by atoms with Crippen molar-refractivity contribution < 1.29 is 9.84 Å².